The maximum Gasteiger partial charge on any atom is 0.0445 e. The summed E-state index contributed by atoms with van der Waals surface area (Å²) >= 11 is 3.74. The Labute approximate surface area is 138 Å². The first-order valence-corrected chi connectivity index (χ1v) is 10.3. The van der Waals surface area contributed by atoms with Gasteiger partial charge in [0.1, 0.15) is 0 Å². The number of rotatable bonds is 11. The molecule has 0 nitrogen and oxygen atoms in total. The van der Waals surface area contributed by atoms with Gasteiger partial charge in [-0.2, -0.15) is 0 Å². The van der Waals surface area contributed by atoms with Gasteiger partial charge in [-0.05, 0) is 41.3 Å². The second kappa shape index (κ2) is 10.2. The average molecular weight is 321 g/mol. The fourth-order valence-electron chi connectivity index (χ4n) is 2.69. The predicted octanol–water partition coefficient (Wildman–Crippen LogP) is 7.55. The molecule has 0 aromatic carbocycles. The summed E-state index contributed by atoms with van der Waals surface area (Å²) in [6, 6.07) is 6.75. The standard InChI is InChI=1S/C19H28S2/c1-2-3-4-5-6-7-8-9-10-12-17-15-19(21-16-17)18-13-11-14-20-18/h11,13-16H,2-10,12H2,1H3. The lowest BCUT2D eigenvalue weighted by Crippen LogP contribution is -1.84. The van der Waals surface area contributed by atoms with Crippen molar-refractivity contribution in [3.8, 4) is 9.75 Å². The Balaban J connectivity index is 1.53. The molecule has 0 N–H and O–H groups in total. The van der Waals surface area contributed by atoms with Gasteiger partial charge in [0.2, 0.25) is 0 Å². The van der Waals surface area contributed by atoms with Crippen molar-refractivity contribution in [1.82, 2.24) is 0 Å². The van der Waals surface area contributed by atoms with E-state index in [4.69, 9.17) is 0 Å². The molecule has 2 aromatic rings. The van der Waals surface area contributed by atoms with Gasteiger partial charge in [0.25, 0.3) is 0 Å². The monoisotopic (exact) mass is 320 g/mol. The molecule has 0 radical (unpaired) electrons. The van der Waals surface area contributed by atoms with Crippen molar-refractivity contribution in [1.29, 1.82) is 0 Å². The molecule has 2 heterocycles. The molecule has 0 amide bonds. The van der Waals surface area contributed by atoms with Crippen LogP contribution in [0.2, 0.25) is 0 Å². The van der Waals surface area contributed by atoms with E-state index in [1.165, 1.54) is 79.5 Å². The van der Waals surface area contributed by atoms with Gasteiger partial charge < -0.3 is 0 Å². The Morgan fingerprint density at radius 3 is 2.19 bits per heavy atom. The lowest BCUT2D eigenvalue weighted by Gasteiger charge is -2.01. The Morgan fingerprint density at radius 2 is 1.52 bits per heavy atom. The topological polar surface area (TPSA) is 0 Å². The Kier molecular flexibility index (Phi) is 8.13. The highest BCUT2D eigenvalue weighted by molar-refractivity contribution is 7.20. The first-order chi connectivity index (χ1) is 10.4. The Hall–Kier alpha value is -0.600. The van der Waals surface area contributed by atoms with Gasteiger partial charge in [-0.25, -0.2) is 0 Å². The van der Waals surface area contributed by atoms with E-state index in [9.17, 15) is 0 Å². The molecule has 2 aromatic heterocycles. The molecular weight excluding hydrogens is 292 g/mol. The van der Waals surface area contributed by atoms with Crippen LogP contribution in [0.4, 0.5) is 0 Å². The minimum atomic E-state index is 1.26. The van der Waals surface area contributed by atoms with Crippen LogP contribution < -0.4 is 0 Å². The number of hydrogen-bond acceptors (Lipinski definition) is 2. The molecule has 0 unspecified atom stereocenters. The second-order valence-corrected chi connectivity index (χ2v) is 7.73. The summed E-state index contributed by atoms with van der Waals surface area (Å²) in [6.45, 7) is 2.29. The predicted molar refractivity (Wildman–Crippen MR) is 98.6 cm³/mol. The highest BCUT2D eigenvalue weighted by atomic mass is 32.1. The molecular formula is C19H28S2. The van der Waals surface area contributed by atoms with Crippen molar-refractivity contribution in [3.63, 3.8) is 0 Å². The molecule has 0 fully saturated rings. The van der Waals surface area contributed by atoms with Crippen LogP contribution in [0.25, 0.3) is 9.75 Å². The largest absolute Gasteiger partial charge is 0.143 e. The molecule has 0 atom stereocenters. The summed E-state index contributed by atoms with van der Waals surface area (Å²) < 4.78 is 0. The quantitative estimate of drug-likeness (QED) is 0.375. The molecule has 2 rings (SSSR count). The van der Waals surface area contributed by atoms with Crippen molar-refractivity contribution in [3.05, 3.63) is 34.5 Å². The number of aryl methyl sites for hydroxylation is 1. The third-order valence-corrected chi connectivity index (χ3v) is 6.03. The zero-order valence-electron chi connectivity index (χ0n) is 13.3. The van der Waals surface area contributed by atoms with E-state index < -0.39 is 0 Å². The van der Waals surface area contributed by atoms with Crippen LogP contribution in [-0.4, -0.2) is 0 Å². The molecule has 116 valence electrons. The number of hydrogen-bond donors (Lipinski definition) is 0. The van der Waals surface area contributed by atoms with E-state index in [0.29, 0.717) is 0 Å². The molecule has 0 saturated heterocycles. The lowest BCUT2D eigenvalue weighted by atomic mass is 10.0. The van der Waals surface area contributed by atoms with E-state index >= 15 is 0 Å². The van der Waals surface area contributed by atoms with E-state index in [1.807, 2.05) is 22.7 Å². The number of unbranched alkanes of at least 4 members (excludes halogenated alkanes) is 8. The van der Waals surface area contributed by atoms with E-state index in [2.05, 4.69) is 35.9 Å². The first kappa shape index (κ1) is 16.8. The smallest absolute Gasteiger partial charge is 0.0445 e. The van der Waals surface area contributed by atoms with Gasteiger partial charge in [0, 0.05) is 9.75 Å². The van der Waals surface area contributed by atoms with Crippen molar-refractivity contribution in [2.45, 2.75) is 71.1 Å². The maximum atomic E-state index is 2.39. The fraction of sp³-hybridized carbons (Fsp3) is 0.579. The van der Waals surface area contributed by atoms with Crippen LogP contribution in [0.5, 0.6) is 0 Å². The summed E-state index contributed by atoms with van der Waals surface area (Å²) in [5.41, 5.74) is 1.53. The molecule has 0 saturated carbocycles. The zero-order chi connectivity index (χ0) is 14.8. The van der Waals surface area contributed by atoms with Gasteiger partial charge in [-0.3, -0.25) is 0 Å². The van der Waals surface area contributed by atoms with Gasteiger partial charge >= 0.3 is 0 Å². The molecule has 0 aliphatic rings. The fourth-order valence-corrected chi connectivity index (χ4v) is 4.49. The molecule has 2 heteroatoms. The van der Waals surface area contributed by atoms with E-state index in [-0.39, 0.29) is 0 Å². The Bertz CT molecular complexity index is 467. The third kappa shape index (κ3) is 6.36. The molecule has 0 aliphatic carbocycles. The Morgan fingerprint density at radius 1 is 0.810 bits per heavy atom. The van der Waals surface area contributed by atoms with E-state index in [1.54, 1.807) is 0 Å². The zero-order valence-corrected chi connectivity index (χ0v) is 14.9. The van der Waals surface area contributed by atoms with Crippen molar-refractivity contribution < 1.29 is 0 Å². The summed E-state index contributed by atoms with van der Waals surface area (Å²) in [7, 11) is 0. The lowest BCUT2D eigenvalue weighted by molar-refractivity contribution is 0.565. The summed E-state index contributed by atoms with van der Waals surface area (Å²) in [5.74, 6) is 0. The van der Waals surface area contributed by atoms with Crippen molar-refractivity contribution in [2.24, 2.45) is 0 Å². The normalized spacial score (nSPS) is 11.1. The maximum absolute atomic E-state index is 2.39. The average Bonchev–Trinajstić information content (AvgIpc) is 3.16. The van der Waals surface area contributed by atoms with Crippen LogP contribution in [-0.2, 0) is 6.42 Å². The molecule has 21 heavy (non-hydrogen) atoms. The minimum absolute atomic E-state index is 1.26. The van der Waals surface area contributed by atoms with Crippen LogP contribution in [0, 0.1) is 0 Å². The van der Waals surface area contributed by atoms with Gasteiger partial charge in [-0.15, -0.1) is 22.7 Å². The summed E-state index contributed by atoms with van der Waals surface area (Å²) in [5, 5.41) is 4.51. The van der Waals surface area contributed by atoms with Crippen LogP contribution >= 0.6 is 22.7 Å². The summed E-state index contributed by atoms with van der Waals surface area (Å²) in [6.07, 6.45) is 14.0. The van der Waals surface area contributed by atoms with Gasteiger partial charge in [-0.1, -0.05) is 64.4 Å². The summed E-state index contributed by atoms with van der Waals surface area (Å²) in [4.78, 5) is 2.86. The van der Waals surface area contributed by atoms with Crippen molar-refractivity contribution >= 4 is 22.7 Å². The van der Waals surface area contributed by atoms with Crippen LogP contribution in [0.3, 0.4) is 0 Å². The van der Waals surface area contributed by atoms with Crippen molar-refractivity contribution in [2.75, 3.05) is 0 Å². The van der Waals surface area contributed by atoms with Gasteiger partial charge in [0.05, 0.1) is 0 Å². The number of thiophene rings is 2. The van der Waals surface area contributed by atoms with E-state index in [0.717, 1.165) is 0 Å². The van der Waals surface area contributed by atoms with Gasteiger partial charge in [0.15, 0.2) is 0 Å². The first-order valence-electron chi connectivity index (χ1n) is 8.51. The molecule has 0 aliphatic heterocycles. The highest BCUT2D eigenvalue weighted by Crippen LogP contribution is 2.31. The highest BCUT2D eigenvalue weighted by Gasteiger charge is 2.03. The second-order valence-electron chi connectivity index (χ2n) is 5.87. The minimum Gasteiger partial charge on any atom is -0.143 e. The third-order valence-electron chi connectivity index (χ3n) is 3.99. The SMILES string of the molecule is CCCCCCCCCCCc1csc(-c2cccs2)c1. The molecule has 0 bridgehead atoms. The van der Waals surface area contributed by atoms with Crippen LogP contribution in [0.15, 0.2) is 29.0 Å². The molecule has 0 spiro atoms. The van der Waals surface area contributed by atoms with Crippen LogP contribution in [0.1, 0.15) is 70.3 Å².